The van der Waals surface area contributed by atoms with E-state index in [4.69, 9.17) is 4.74 Å². The first-order valence-electron chi connectivity index (χ1n) is 7.89. The van der Waals surface area contributed by atoms with Crippen LogP contribution < -0.4 is 10.6 Å². The molecule has 5 heteroatoms. The second-order valence-corrected chi connectivity index (χ2v) is 5.62. The van der Waals surface area contributed by atoms with Crippen LogP contribution in [0.3, 0.4) is 0 Å². The molecule has 0 spiro atoms. The SMILES string of the molecule is CNc1ccc(NC(=O)C2CCCOC2c2ccccc2)cn1. The summed E-state index contributed by atoms with van der Waals surface area (Å²) in [5.41, 5.74) is 1.75. The molecule has 5 nitrogen and oxygen atoms in total. The predicted molar refractivity (Wildman–Crippen MR) is 90.3 cm³/mol. The largest absolute Gasteiger partial charge is 0.373 e. The number of benzene rings is 1. The van der Waals surface area contributed by atoms with Gasteiger partial charge >= 0.3 is 0 Å². The summed E-state index contributed by atoms with van der Waals surface area (Å²) in [4.78, 5) is 16.9. The van der Waals surface area contributed by atoms with Crippen LogP contribution >= 0.6 is 0 Å². The number of nitrogens with zero attached hydrogens (tertiary/aromatic N) is 1. The molecule has 2 aromatic rings. The van der Waals surface area contributed by atoms with Gasteiger partial charge in [-0.15, -0.1) is 0 Å². The Morgan fingerprint density at radius 3 is 2.74 bits per heavy atom. The molecule has 1 aromatic heterocycles. The second-order valence-electron chi connectivity index (χ2n) is 5.62. The number of carbonyl (C=O) groups is 1. The fourth-order valence-corrected chi connectivity index (χ4v) is 2.87. The third-order valence-corrected chi connectivity index (χ3v) is 4.07. The Morgan fingerprint density at radius 2 is 2.04 bits per heavy atom. The number of pyridine rings is 1. The highest BCUT2D eigenvalue weighted by atomic mass is 16.5. The zero-order chi connectivity index (χ0) is 16.1. The van der Waals surface area contributed by atoms with Crippen molar-refractivity contribution in [2.24, 2.45) is 5.92 Å². The fraction of sp³-hybridized carbons (Fsp3) is 0.333. The zero-order valence-corrected chi connectivity index (χ0v) is 13.2. The molecule has 3 rings (SSSR count). The topological polar surface area (TPSA) is 63.2 Å². The number of hydrogen-bond donors (Lipinski definition) is 2. The van der Waals surface area contributed by atoms with Gasteiger partial charge in [0.25, 0.3) is 0 Å². The Bertz CT molecular complexity index is 643. The minimum atomic E-state index is -0.186. The average Bonchev–Trinajstić information content (AvgIpc) is 2.63. The van der Waals surface area contributed by atoms with Gasteiger partial charge in [-0.1, -0.05) is 30.3 Å². The number of aromatic nitrogens is 1. The highest BCUT2D eigenvalue weighted by Crippen LogP contribution is 2.34. The Morgan fingerprint density at radius 1 is 1.22 bits per heavy atom. The molecule has 0 aliphatic carbocycles. The third-order valence-electron chi connectivity index (χ3n) is 4.07. The minimum absolute atomic E-state index is 0.0161. The number of hydrogen-bond acceptors (Lipinski definition) is 4. The summed E-state index contributed by atoms with van der Waals surface area (Å²) in [6.45, 7) is 0.696. The summed E-state index contributed by atoms with van der Waals surface area (Å²) in [6.07, 6.45) is 3.20. The maximum absolute atomic E-state index is 12.7. The van der Waals surface area contributed by atoms with E-state index in [-0.39, 0.29) is 17.9 Å². The first-order chi connectivity index (χ1) is 11.3. The predicted octanol–water partition coefficient (Wildman–Crippen LogP) is 3.23. The van der Waals surface area contributed by atoms with E-state index in [1.165, 1.54) is 0 Å². The van der Waals surface area contributed by atoms with Gasteiger partial charge in [-0.2, -0.15) is 0 Å². The lowest BCUT2D eigenvalue weighted by Gasteiger charge is -2.31. The molecule has 1 aromatic carbocycles. The van der Waals surface area contributed by atoms with Crippen LogP contribution in [0, 0.1) is 5.92 Å². The highest BCUT2D eigenvalue weighted by Gasteiger charge is 2.33. The summed E-state index contributed by atoms with van der Waals surface area (Å²) in [5, 5.41) is 5.91. The number of ether oxygens (including phenoxy) is 1. The molecule has 2 atom stereocenters. The van der Waals surface area contributed by atoms with Gasteiger partial charge in [0.05, 0.1) is 23.9 Å². The van der Waals surface area contributed by atoms with Crippen LogP contribution in [0.25, 0.3) is 0 Å². The van der Waals surface area contributed by atoms with Gasteiger partial charge in [-0.3, -0.25) is 4.79 Å². The molecule has 1 amide bonds. The van der Waals surface area contributed by atoms with Crippen LogP contribution in [0.2, 0.25) is 0 Å². The van der Waals surface area contributed by atoms with Crippen molar-refractivity contribution in [1.82, 2.24) is 4.98 Å². The summed E-state index contributed by atoms with van der Waals surface area (Å²) >= 11 is 0. The molecule has 1 saturated heterocycles. The Kier molecular flexibility index (Phi) is 4.88. The average molecular weight is 311 g/mol. The van der Waals surface area contributed by atoms with Crippen molar-refractivity contribution in [3.8, 4) is 0 Å². The van der Waals surface area contributed by atoms with Crippen molar-refractivity contribution in [2.75, 3.05) is 24.3 Å². The quantitative estimate of drug-likeness (QED) is 0.910. The van der Waals surface area contributed by atoms with Crippen molar-refractivity contribution in [2.45, 2.75) is 18.9 Å². The first kappa shape index (κ1) is 15.5. The zero-order valence-electron chi connectivity index (χ0n) is 13.2. The molecule has 0 saturated carbocycles. The van der Waals surface area contributed by atoms with E-state index in [0.29, 0.717) is 12.3 Å². The molecular weight excluding hydrogens is 290 g/mol. The molecule has 1 aliphatic heterocycles. The van der Waals surface area contributed by atoms with Crippen LogP contribution in [0.4, 0.5) is 11.5 Å². The number of amides is 1. The van der Waals surface area contributed by atoms with E-state index in [1.54, 1.807) is 6.20 Å². The van der Waals surface area contributed by atoms with Crippen LogP contribution in [0.1, 0.15) is 24.5 Å². The number of anilines is 2. The van der Waals surface area contributed by atoms with Gasteiger partial charge in [-0.25, -0.2) is 4.98 Å². The summed E-state index contributed by atoms with van der Waals surface area (Å²) in [7, 11) is 1.81. The normalized spacial score (nSPS) is 20.7. The van der Waals surface area contributed by atoms with Crippen LogP contribution in [-0.4, -0.2) is 24.5 Å². The summed E-state index contributed by atoms with van der Waals surface area (Å²) < 4.78 is 5.89. The van der Waals surface area contributed by atoms with E-state index in [2.05, 4.69) is 15.6 Å². The summed E-state index contributed by atoms with van der Waals surface area (Å²) in [5.74, 6) is 0.568. The van der Waals surface area contributed by atoms with Gasteiger partial charge in [0, 0.05) is 13.7 Å². The number of rotatable bonds is 4. The van der Waals surface area contributed by atoms with Crippen molar-refractivity contribution in [3.63, 3.8) is 0 Å². The van der Waals surface area contributed by atoms with E-state index in [9.17, 15) is 4.79 Å². The fourth-order valence-electron chi connectivity index (χ4n) is 2.87. The van der Waals surface area contributed by atoms with Gasteiger partial charge in [0.2, 0.25) is 5.91 Å². The van der Waals surface area contributed by atoms with Crippen molar-refractivity contribution in [1.29, 1.82) is 0 Å². The molecule has 1 fully saturated rings. The number of carbonyl (C=O) groups excluding carboxylic acids is 1. The third kappa shape index (κ3) is 3.68. The Hall–Kier alpha value is -2.40. The van der Waals surface area contributed by atoms with Crippen molar-refractivity contribution < 1.29 is 9.53 Å². The Balaban J connectivity index is 1.73. The molecule has 2 heterocycles. The van der Waals surface area contributed by atoms with Crippen LogP contribution in [0.5, 0.6) is 0 Å². The van der Waals surface area contributed by atoms with E-state index < -0.39 is 0 Å². The molecule has 0 radical (unpaired) electrons. The van der Waals surface area contributed by atoms with E-state index in [1.807, 2.05) is 49.5 Å². The molecule has 120 valence electrons. The molecule has 2 N–H and O–H groups in total. The number of nitrogens with one attached hydrogen (secondary N) is 2. The minimum Gasteiger partial charge on any atom is -0.373 e. The molecule has 1 aliphatic rings. The molecule has 23 heavy (non-hydrogen) atoms. The highest BCUT2D eigenvalue weighted by molar-refractivity contribution is 5.93. The van der Waals surface area contributed by atoms with E-state index >= 15 is 0 Å². The summed E-state index contributed by atoms with van der Waals surface area (Å²) in [6, 6.07) is 13.6. The molecular formula is C18H21N3O2. The first-order valence-corrected chi connectivity index (χ1v) is 7.89. The maximum Gasteiger partial charge on any atom is 0.230 e. The van der Waals surface area contributed by atoms with Crippen LogP contribution in [0.15, 0.2) is 48.7 Å². The monoisotopic (exact) mass is 311 g/mol. The van der Waals surface area contributed by atoms with Gasteiger partial charge in [-0.05, 0) is 30.5 Å². The lowest BCUT2D eigenvalue weighted by atomic mass is 9.88. The van der Waals surface area contributed by atoms with Gasteiger partial charge in [0.15, 0.2) is 0 Å². The smallest absolute Gasteiger partial charge is 0.230 e. The van der Waals surface area contributed by atoms with Gasteiger partial charge < -0.3 is 15.4 Å². The Labute approximate surface area is 136 Å². The standard InChI is InChI=1S/C18H21N3O2/c1-19-16-10-9-14(12-20-16)21-18(22)15-8-5-11-23-17(15)13-6-3-2-4-7-13/h2-4,6-7,9-10,12,15,17H,5,8,11H2,1H3,(H,19,20)(H,21,22). The van der Waals surface area contributed by atoms with Crippen molar-refractivity contribution >= 4 is 17.4 Å². The second kappa shape index (κ2) is 7.24. The molecule has 0 bridgehead atoms. The molecule has 2 unspecified atom stereocenters. The van der Waals surface area contributed by atoms with Crippen LogP contribution in [-0.2, 0) is 9.53 Å². The van der Waals surface area contributed by atoms with E-state index in [0.717, 1.165) is 24.2 Å². The lowest BCUT2D eigenvalue weighted by Crippen LogP contribution is -2.33. The van der Waals surface area contributed by atoms with Crippen molar-refractivity contribution in [3.05, 3.63) is 54.2 Å². The lowest BCUT2D eigenvalue weighted by molar-refractivity contribution is -0.129. The maximum atomic E-state index is 12.7. The van der Waals surface area contributed by atoms with Gasteiger partial charge in [0.1, 0.15) is 5.82 Å².